The third-order valence-electron chi connectivity index (χ3n) is 2.40. The number of hydrogen-bond donors (Lipinski definition) is 0. The highest BCUT2D eigenvalue weighted by molar-refractivity contribution is 9.10. The summed E-state index contributed by atoms with van der Waals surface area (Å²) in [7, 11) is 0. The van der Waals surface area contributed by atoms with Gasteiger partial charge in [-0.15, -0.1) is 0 Å². The van der Waals surface area contributed by atoms with Crippen molar-refractivity contribution in [3.8, 4) is 5.75 Å². The molecule has 2 aromatic rings. The fraction of sp³-hybridized carbons (Fsp3) is 0.0714. The first-order valence-electron chi connectivity index (χ1n) is 5.43. The van der Waals surface area contributed by atoms with Crippen molar-refractivity contribution in [1.29, 1.82) is 0 Å². The third kappa shape index (κ3) is 3.78. The molecule has 2 rings (SSSR count). The molecular weight excluding hydrogens is 335 g/mol. The second-order valence-electron chi connectivity index (χ2n) is 3.80. The van der Waals surface area contributed by atoms with E-state index in [1.54, 1.807) is 24.3 Å². The molecule has 0 aliphatic heterocycles. The molecule has 0 spiro atoms. The summed E-state index contributed by atoms with van der Waals surface area (Å²) in [5.41, 5.74) is 0.478. The monoisotopic (exact) mass is 342 g/mol. The summed E-state index contributed by atoms with van der Waals surface area (Å²) in [6.07, 6.45) is 0. The van der Waals surface area contributed by atoms with Gasteiger partial charge in [-0.1, -0.05) is 23.7 Å². The van der Waals surface area contributed by atoms with Gasteiger partial charge >= 0.3 is 0 Å². The van der Waals surface area contributed by atoms with Gasteiger partial charge in [0, 0.05) is 10.6 Å². The Bertz CT molecular complexity index is 616. The van der Waals surface area contributed by atoms with E-state index >= 15 is 0 Å². The van der Waals surface area contributed by atoms with Crippen LogP contribution in [0, 0.1) is 5.82 Å². The minimum absolute atomic E-state index is 0.134. The number of rotatable bonds is 4. The van der Waals surface area contributed by atoms with Gasteiger partial charge in [0.05, 0.1) is 4.47 Å². The average Bonchev–Trinajstić information content (AvgIpc) is 2.37. The highest BCUT2D eigenvalue weighted by Gasteiger charge is 2.09. The number of ether oxygens (including phenoxy) is 1. The molecule has 0 aliphatic carbocycles. The number of carbonyl (C=O) groups excluding carboxylic acids is 1. The minimum Gasteiger partial charge on any atom is -0.484 e. The van der Waals surface area contributed by atoms with Crippen molar-refractivity contribution in [3.05, 3.63) is 63.3 Å². The summed E-state index contributed by atoms with van der Waals surface area (Å²) in [5, 5.41) is 0.494. The number of hydrogen-bond acceptors (Lipinski definition) is 2. The van der Waals surface area contributed by atoms with Gasteiger partial charge in [-0.05, 0) is 46.3 Å². The van der Waals surface area contributed by atoms with Crippen LogP contribution in [0.5, 0.6) is 5.75 Å². The molecule has 0 N–H and O–H groups in total. The smallest absolute Gasteiger partial charge is 0.200 e. The maximum absolute atomic E-state index is 12.9. The zero-order valence-corrected chi connectivity index (χ0v) is 12.0. The first-order valence-corrected chi connectivity index (χ1v) is 6.60. The molecule has 0 radical (unpaired) electrons. The Hall–Kier alpha value is -1.39. The molecule has 0 unspecified atom stereocenters. The fourth-order valence-electron chi connectivity index (χ4n) is 1.48. The van der Waals surface area contributed by atoms with Crippen LogP contribution in [-0.2, 0) is 0 Å². The SMILES string of the molecule is O=C(COc1ccc(F)cc1Br)c1cccc(Cl)c1. The zero-order chi connectivity index (χ0) is 13.8. The first kappa shape index (κ1) is 14.0. The van der Waals surface area contributed by atoms with E-state index in [-0.39, 0.29) is 18.2 Å². The molecule has 0 saturated heterocycles. The Morgan fingerprint density at radius 3 is 2.74 bits per heavy atom. The van der Waals surface area contributed by atoms with Gasteiger partial charge in [-0.25, -0.2) is 4.39 Å². The van der Waals surface area contributed by atoms with Crippen molar-refractivity contribution < 1.29 is 13.9 Å². The molecule has 0 atom stereocenters. The van der Waals surface area contributed by atoms with Gasteiger partial charge in [0.2, 0.25) is 0 Å². The van der Waals surface area contributed by atoms with Crippen LogP contribution >= 0.6 is 27.5 Å². The molecule has 98 valence electrons. The topological polar surface area (TPSA) is 26.3 Å². The lowest BCUT2D eigenvalue weighted by molar-refractivity contribution is 0.0921. The standard InChI is InChI=1S/C14H9BrClFO2/c15-12-7-11(17)4-5-14(12)19-8-13(18)9-2-1-3-10(16)6-9/h1-7H,8H2. The van der Waals surface area contributed by atoms with Crippen LogP contribution < -0.4 is 4.74 Å². The number of benzene rings is 2. The predicted octanol–water partition coefficient (Wildman–Crippen LogP) is 4.50. The Morgan fingerprint density at radius 2 is 2.05 bits per heavy atom. The van der Waals surface area contributed by atoms with Gasteiger partial charge in [0.1, 0.15) is 11.6 Å². The normalized spacial score (nSPS) is 10.3. The van der Waals surface area contributed by atoms with Crippen molar-refractivity contribution in [3.63, 3.8) is 0 Å². The molecule has 0 saturated carbocycles. The molecule has 0 aromatic heterocycles. The highest BCUT2D eigenvalue weighted by Crippen LogP contribution is 2.25. The van der Waals surface area contributed by atoms with Gasteiger partial charge in [-0.3, -0.25) is 4.79 Å². The maximum Gasteiger partial charge on any atom is 0.200 e. The van der Waals surface area contributed by atoms with Crippen molar-refractivity contribution in [1.82, 2.24) is 0 Å². The molecule has 19 heavy (non-hydrogen) atoms. The Morgan fingerprint density at radius 1 is 1.26 bits per heavy atom. The van der Waals surface area contributed by atoms with Crippen LogP contribution in [0.15, 0.2) is 46.9 Å². The summed E-state index contributed by atoms with van der Waals surface area (Å²) < 4.78 is 18.7. The van der Waals surface area contributed by atoms with Crippen molar-refractivity contribution >= 4 is 33.3 Å². The minimum atomic E-state index is -0.375. The molecule has 0 amide bonds. The van der Waals surface area contributed by atoms with Crippen LogP contribution in [0.25, 0.3) is 0 Å². The number of ketones is 1. The summed E-state index contributed by atoms with van der Waals surface area (Å²) in [4.78, 5) is 11.9. The average molecular weight is 344 g/mol. The lowest BCUT2D eigenvalue weighted by Gasteiger charge is -2.07. The van der Waals surface area contributed by atoms with Crippen molar-refractivity contribution in [2.75, 3.05) is 6.61 Å². The number of Topliss-reactive ketones (excluding diaryl/α,β-unsaturated/α-hetero) is 1. The Labute approximate surface area is 123 Å². The quantitative estimate of drug-likeness (QED) is 0.764. The Kier molecular flexibility index (Phi) is 4.56. The second kappa shape index (κ2) is 6.17. The van der Waals surface area contributed by atoms with Gasteiger partial charge in [0.25, 0.3) is 0 Å². The largest absolute Gasteiger partial charge is 0.484 e. The summed E-state index contributed by atoms with van der Waals surface area (Å²) in [6, 6.07) is 10.6. The lowest BCUT2D eigenvalue weighted by Crippen LogP contribution is -2.11. The molecule has 5 heteroatoms. The molecule has 2 aromatic carbocycles. The van der Waals surface area contributed by atoms with E-state index in [1.807, 2.05) is 0 Å². The third-order valence-corrected chi connectivity index (χ3v) is 3.25. The second-order valence-corrected chi connectivity index (χ2v) is 5.09. The number of halogens is 3. The van der Waals surface area contributed by atoms with Crippen LogP contribution in [0.2, 0.25) is 5.02 Å². The summed E-state index contributed by atoms with van der Waals surface area (Å²) in [5.74, 6) is -0.157. The van der Waals surface area contributed by atoms with E-state index in [2.05, 4.69) is 15.9 Å². The van der Waals surface area contributed by atoms with E-state index in [9.17, 15) is 9.18 Å². The van der Waals surface area contributed by atoms with Crippen molar-refractivity contribution in [2.45, 2.75) is 0 Å². The number of carbonyl (C=O) groups is 1. The highest BCUT2D eigenvalue weighted by atomic mass is 79.9. The predicted molar refractivity (Wildman–Crippen MR) is 75.4 cm³/mol. The molecular formula is C14H9BrClFO2. The van der Waals surface area contributed by atoms with E-state index in [1.165, 1.54) is 18.2 Å². The van der Waals surface area contributed by atoms with Gasteiger partial charge in [0.15, 0.2) is 12.4 Å². The van der Waals surface area contributed by atoms with E-state index < -0.39 is 0 Å². The van der Waals surface area contributed by atoms with Crippen LogP contribution in [0.1, 0.15) is 10.4 Å². The molecule has 2 nitrogen and oxygen atoms in total. The molecule has 0 fully saturated rings. The zero-order valence-electron chi connectivity index (χ0n) is 9.70. The molecule has 0 bridgehead atoms. The van der Waals surface area contributed by atoms with E-state index in [0.717, 1.165) is 0 Å². The molecule has 0 heterocycles. The fourth-order valence-corrected chi connectivity index (χ4v) is 2.14. The maximum atomic E-state index is 12.9. The van der Waals surface area contributed by atoms with Crippen molar-refractivity contribution in [2.24, 2.45) is 0 Å². The molecule has 0 aliphatic rings. The van der Waals surface area contributed by atoms with Crippen LogP contribution in [0.3, 0.4) is 0 Å². The van der Waals surface area contributed by atoms with E-state index in [0.29, 0.717) is 20.8 Å². The Balaban J connectivity index is 2.04. The summed E-state index contributed by atoms with van der Waals surface area (Å²) >= 11 is 8.97. The van der Waals surface area contributed by atoms with Crippen LogP contribution in [-0.4, -0.2) is 12.4 Å². The van der Waals surface area contributed by atoms with Gasteiger partial charge < -0.3 is 4.74 Å². The van der Waals surface area contributed by atoms with E-state index in [4.69, 9.17) is 16.3 Å². The van der Waals surface area contributed by atoms with Crippen LogP contribution in [0.4, 0.5) is 4.39 Å². The summed E-state index contributed by atoms with van der Waals surface area (Å²) in [6.45, 7) is -0.134. The first-order chi connectivity index (χ1) is 9.06. The lowest BCUT2D eigenvalue weighted by atomic mass is 10.1. The van der Waals surface area contributed by atoms with Gasteiger partial charge in [-0.2, -0.15) is 0 Å².